The normalized spacial score (nSPS) is 11.4. The number of hydrogen-bond acceptors (Lipinski definition) is 3. The van der Waals surface area contributed by atoms with Crippen LogP contribution in [-0.2, 0) is 0 Å². The summed E-state index contributed by atoms with van der Waals surface area (Å²) in [5.74, 6) is 0.694. The van der Waals surface area contributed by atoms with Crippen LogP contribution in [0.2, 0.25) is 0 Å². The molecule has 0 fully saturated rings. The van der Waals surface area contributed by atoms with Gasteiger partial charge in [0, 0.05) is 33.0 Å². The molecule has 270 valence electrons. The first-order valence-electron chi connectivity index (χ1n) is 19.7. The molecule has 11 rings (SSSR count). The second-order valence-corrected chi connectivity index (χ2v) is 14.8. The minimum absolute atomic E-state index is 0.694. The molecule has 0 N–H and O–H groups in total. The van der Waals surface area contributed by atoms with E-state index in [0.29, 0.717) is 5.82 Å². The molecular weight excluding hydrogens is 703 g/mol. The van der Waals surface area contributed by atoms with Gasteiger partial charge in [-0.05, 0) is 79.5 Å². The Morgan fingerprint density at radius 1 is 0.241 bits per heavy atom. The molecule has 9 aromatic carbocycles. The largest absolute Gasteiger partial charge is 0.247 e. The van der Waals surface area contributed by atoms with Gasteiger partial charge in [0.05, 0.1) is 22.6 Å². The van der Waals surface area contributed by atoms with Crippen molar-refractivity contribution in [2.24, 2.45) is 0 Å². The molecule has 3 nitrogen and oxygen atoms in total. The molecule has 0 bridgehead atoms. The summed E-state index contributed by atoms with van der Waals surface area (Å²) in [6.07, 6.45) is 0. The number of hydrogen-bond donors (Lipinski definition) is 0. The van der Waals surface area contributed by atoms with Gasteiger partial charge in [0.2, 0.25) is 0 Å². The average Bonchev–Trinajstić information content (AvgIpc) is 3.31. The molecule has 0 aliphatic carbocycles. The van der Waals surface area contributed by atoms with Crippen LogP contribution >= 0.6 is 0 Å². The first-order chi connectivity index (χ1) is 28.7. The first kappa shape index (κ1) is 33.6. The lowest BCUT2D eigenvalue weighted by atomic mass is 9.90. The van der Waals surface area contributed by atoms with Crippen molar-refractivity contribution in [3.8, 4) is 67.4 Å². The summed E-state index contributed by atoms with van der Waals surface area (Å²) in [5.41, 5.74) is 12.5. The number of rotatable bonds is 6. The Morgan fingerprint density at radius 3 is 1.34 bits per heavy atom. The van der Waals surface area contributed by atoms with Crippen molar-refractivity contribution in [1.29, 1.82) is 0 Å². The predicted octanol–water partition coefficient (Wildman–Crippen LogP) is 14.5. The van der Waals surface area contributed by atoms with E-state index in [2.05, 4.69) is 176 Å². The number of nitrogens with zero attached hydrogens (tertiary/aromatic N) is 3. The van der Waals surface area contributed by atoms with E-state index < -0.39 is 0 Å². The van der Waals surface area contributed by atoms with Crippen LogP contribution in [0.1, 0.15) is 0 Å². The Hall–Kier alpha value is -7.75. The minimum Gasteiger partial charge on any atom is -0.247 e. The summed E-state index contributed by atoms with van der Waals surface area (Å²) in [7, 11) is 0. The maximum Gasteiger partial charge on any atom is 0.160 e. The van der Waals surface area contributed by atoms with Crippen molar-refractivity contribution in [3.63, 3.8) is 0 Å². The molecule has 11 aromatic rings. The van der Waals surface area contributed by atoms with Crippen molar-refractivity contribution < 1.29 is 0 Å². The second-order valence-electron chi connectivity index (χ2n) is 14.8. The smallest absolute Gasteiger partial charge is 0.160 e. The van der Waals surface area contributed by atoms with Gasteiger partial charge in [0.1, 0.15) is 0 Å². The molecule has 0 aliphatic rings. The van der Waals surface area contributed by atoms with Crippen molar-refractivity contribution in [2.45, 2.75) is 0 Å². The Morgan fingerprint density at radius 2 is 0.707 bits per heavy atom. The molecule has 0 amide bonds. The van der Waals surface area contributed by atoms with Crippen LogP contribution in [0.15, 0.2) is 212 Å². The molecule has 3 heteroatoms. The second kappa shape index (κ2) is 14.1. The quantitative estimate of drug-likeness (QED) is 0.160. The molecule has 0 saturated carbocycles. The van der Waals surface area contributed by atoms with Gasteiger partial charge in [-0.1, -0.05) is 182 Å². The van der Waals surface area contributed by atoms with Crippen LogP contribution in [0.3, 0.4) is 0 Å². The number of benzene rings is 9. The molecular formula is C55H35N3. The highest BCUT2D eigenvalue weighted by molar-refractivity contribution is 6.16. The summed E-state index contributed by atoms with van der Waals surface area (Å²) in [5, 5.41) is 8.24. The van der Waals surface area contributed by atoms with Gasteiger partial charge in [-0.25, -0.2) is 15.0 Å². The zero-order valence-corrected chi connectivity index (χ0v) is 31.5. The van der Waals surface area contributed by atoms with Crippen LogP contribution in [0, 0.1) is 0 Å². The summed E-state index contributed by atoms with van der Waals surface area (Å²) in [4.78, 5) is 15.6. The highest BCUT2D eigenvalue weighted by Gasteiger charge is 2.17. The third-order valence-electron chi connectivity index (χ3n) is 11.2. The van der Waals surface area contributed by atoms with Crippen LogP contribution in [0.4, 0.5) is 0 Å². The van der Waals surface area contributed by atoms with Crippen LogP contribution in [0.25, 0.3) is 111 Å². The maximum absolute atomic E-state index is 5.47. The molecule has 58 heavy (non-hydrogen) atoms. The van der Waals surface area contributed by atoms with Crippen molar-refractivity contribution in [2.75, 3.05) is 0 Å². The fourth-order valence-electron chi connectivity index (χ4n) is 8.27. The van der Waals surface area contributed by atoms with Gasteiger partial charge >= 0.3 is 0 Å². The highest BCUT2D eigenvalue weighted by Crippen LogP contribution is 2.41. The van der Waals surface area contributed by atoms with Gasteiger partial charge in [0.25, 0.3) is 0 Å². The van der Waals surface area contributed by atoms with Gasteiger partial charge in [-0.15, -0.1) is 0 Å². The Labute approximate surface area is 336 Å². The average molecular weight is 738 g/mol. The van der Waals surface area contributed by atoms with E-state index in [1.807, 2.05) is 36.4 Å². The summed E-state index contributed by atoms with van der Waals surface area (Å²) in [6, 6.07) is 75.3. The lowest BCUT2D eigenvalue weighted by Gasteiger charge is -2.16. The van der Waals surface area contributed by atoms with Gasteiger partial charge in [-0.3, -0.25) is 0 Å². The van der Waals surface area contributed by atoms with Crippen LogP contribution < -0.4 is 0 Å². The number of aromatic nitrogens is 3. The van der Waals surface area contributed by atoms with E-state index in [1.165, 1.54) is 21.5 Å². The van der Waals surface area contributed by atoms with Crippen LogP contribution in [0.5, 0.6) is 0 Å². The molecule has 0 radical (unpaired) electrons. The molecule has 0 aliphatic heterocycles. The molecule has 0 atom stereocenters. The molecule has 0 unspecified atom stereocenters. The maximum atomic E-state index is 5.47. The number of pyridine rings is 1. The zero-order valence-electron chi connectivity index (χ0n) is 31.5. The lowest BCUT2D eigenvalue weighted by molar-refractivity contribution is 1.18. The van der Waals surface area contributed by atoms with Crippen molar-refractivity contribution in [1.82, 2.24) is 15.0 Å². The van der Waals surface area contributed by atoms with Gasteiger partial charge < -0.3 is 0 Å². The van der Waals surface area contributed by atoms with Gasteiger partial charge in [0.15, 0.2) is 5.82 Å². The topological polar surface area (TPSA) is 38.7 Å². The monoisotopic (exact) mass is 737 g/mol. The first-order valence-corrected chi connectivity index (χ1v) is 19.7. The number of fused-ring (bicyclic) bond motifs is 5. The SMILES string of the molecule is c1ccc(-c2cc(-c3ccccc3)nc(-c3ccc(-c4cc5c(-c6ccc7ccccc7c6)cc(-c6ccc7ccccc7c6)nc5c5ccccc45)cc3)n2)cc1. The molecule has 0 spiro atoms. The van der Waals surface area contributed by atoms with Gasteiger partial charge in [-0.2, -0.15) is 0 Å². The Kier molecular flexibility index (Phi) is 8.15. The molecule has 0 saturated heterocycles. The Bertz CT molecular complexity index is 3260. The van der Waals surface area contributed by atoms with Crippen molar-refractivity contribution in [3.05, 3.63) is 212 Å². The standard InChI is InChI=1S/C55H35N3/c1-3-15-39(16-4-1)52-35-53(40-17-5-2-6-18-40)58-55(57-52)41-27-25-38(26-28-41)48-33-50-49(44-29-23-36-13-7-9-19-42(36)31-44)34-51(56-54(50)47-22-12-11-21-46(47)48)45-30-24-37-14-8-10-20-43(37)32-45/h1-35H. The third kappa shape index (κ3) is 6.07. The van der Waals surface area contributed by atoms with E-state index >= 15 is 0 Å². The van der Waals surface area contributed by atoms with Crippen molar-refractivity contribution >= 4 is 43.2 Å². The van der Waals surface area contributed by atoms with E-state index in [4.69, 9.17) is 15.0 Å². The summed E-state index contributed by atoms with van der Waals surface area (Å²) < 4.78 is 0. The lowest BCUT2D eigenvalue weighted by Crippen LogP contribution is -1.96. The fraction of sp³-hybridized carbons (Fsp3) is 0. The Balaban J connectivity index is 1.09. The third-order valence-corrected chi connectivity index (χ3v) is 11.2. The molecule has 2 aromatic heterocycles. The van der Waals surface area contributed by atoms with E-state index in [0.717, 1.165) is 83.3 Å². The van der Waals surface area contributed by atoms with E-state index in [9.17, 15) is 0 Å². The van der Waals surface area contributed by atoms with Crippen LogP contribution in [-0.4, -0.2) is 15.0 Å². The summed E-state index contributed by atoms with van der Waals surface area (Å²) >= 11 is 0. The predicted molar refractivity (Wildman–Crippen MR) is 242 cm³/mol. The highest BCUT2D eigenvalue weighted by atomic mass is 14.9. The van der Waals surface area contributed by atoms with E-state index in [1.54, 1.807) is 0 Å². The summed E-state index contributed by atoms with van der Waals surface area (Å²) in [6.45, 7) is 0. The minimum atomic E-state index is 0.694. The zero-order chi connectivity index (χ0) is 38.4. The molecule has 2 heterocycles. The fourth-order valence-corrected chi connectivity index (χ4v) is 8.27. The van der Waals surface area contributed by atoms with E-state index in [-0.39, 0.29) is 0 Å².